The van der Waals surface area contributed by atoms with E-state index >= 15 is 0 Å². The van der Waals surface area contributed by atoms with Crippen molar-refractivity contribution in [1.29, 1.82) is 0 Å². The summed E-state index contributed by atoms with van der Waals surface area (Å²) in [7, 11) is 1.64. The van der Waals surface area contributed by atoms with Crippen molar-refractivity contribution < 1.29 is 14.6 Å². The van der Waals surface area contributed by atoms with E-state index in [0.29, 0.717) is 13.1 Å². The summed E-state index contributed by atoms with van der Waals surface area (Å²) in [6.07, 6.45) is 1.77. The van der Waals surface area contributed by atoms with Gasteiger partial charge in [-0.3, -0.25) is 14.7 Å². The first kappa shape index (κ1) is 16.4. The summed E-state index contributed by atoms with van der Waals surface area (Å²) >= 11 is 0. The fraction of sp³-hybridized carbons (Fsp3) is 0.600. The van der Waals surface area contributed by atoms with Crippen LogP contribution in [0.2, 0.25) is 0 Å². The zero-order valence-corrected chi connectivity index (χ0v) is 13.1. The van der Waals surface area contributed by atoms with Crippen LogP contribution in [0.3, 0.4) is 0 Å². The summed E-state index contributed by atoms with van der Waals surface area (Å²) in [5.41, 5.74) is 1.87. The molecule has 0 spiro atoms. The Kier molecular flexibility index (Phi) is 5.11. The maximum Gasteiger partial charge on any atom is 0.323 e. The topological polar surface area (TPSA) is 62.7 Å². The van der Waals surface area contributed by atoms with Gasteiger partial charge in [0.2, 0.25) is 0 Å². The average molecular weight is 280 g/mol. The van der Waals surface area contributed by atoms with Crippen LogP contribution in [0.15, 0.2) is 6.20 Å². The van der Waals surface area contributed by atoms with E-state index in [-0.39, 0.29) is 0 Å². The lowest BCUT2D eigenvalue weighted by atomic mass is 10.0. The molecule has 0 saturated carbocycles. The molecule has 0 aliphatic rings. The van der Waals surface area contributed by atoms with E-state index in [1.54, 1.807) is 27.2 Å². The molecule has 0 bridgehead atoms. The number of likely N-dealkylation sites (N-methyl/N-ethyl adjacent to an activating group) is 1. The number of hydrogen-bond donors (Lipinski definition) is 1. The molecule has 0 aromatic carbocycles. The van der Waals surface area contributed by atoms with Crippen molar-refractivity contribution in [2.75, 3.05) is 13.7 Å². The summed E-state index contributed by atoms with van der Waals surface area (Å²) in [5, 5.41) is 9.35. The van der Waals surface area contributed by atoms with Gasteiger partial charge in [0.05, 0.1) is 12.8 Å². The number of methoxy groups -OCH3 is 1. The van der Waals surface area contributed by atoms with Gasteiger partial charge in [0, 0.05) is 23.9 Å². The average Bonchev–Trinajstić information content (AvgIpc) is 2.38. The smallest absolute Gasteiger partial charge is 0.323 e. The van der Waals surface area contributed by atoms with E-state index in [1.165, 1.54) is 0 Å². The van der Waals surface area contributed by atoms with Gasteiger partial charge in [-0.25, -0.2) is 0 Å². The molecular weight excluding hydrogens is 256 g/mol. The first-order valence-electron chi connectivity index (χ1n) is 6.73. The van der Waals surface area contributed by atoms with Crippen molar-refractivity contribution in [3.05, 3.63) is 23.0 Å². The number of aryl methyl sites for hydroxylation is 1. The van der Waals surface area contributed by atoms with Crippen molar-refractivity contribution in [2.24, 2.45) is 0 Å². The molecule has 0 saturated heterocycles. The number of nitrogens with zero attached hydrogens (tertiary/aromatic N) is 2. The molecule has 5 heteroatoms. The molecule has 0 aliphatic carbocycles. The molecule has 1 N–H and O–H groups in total. The van der Waals surface area contributed by atoms with Crippen molar-refractivity contribution in [1.82, 2.24) is 9.88 Å². The SMILES string of the molecule is CCN(Cc1ncc(C)c(OC)c1C)C(C)(C)C(=O)O. The molecule has 0 radical (unpaired) electrons. The lowest BCUT2D eigenvalue weighted by molar-refractivity contribution is -0.149. The van der Waals surface area contributed by atoms with Crippen molar-refractivity contribution in [2.45, 2.75) is 46.7 Å². The number of aromatic nitrogens is 1. The van der Waals surface area contributed by atoms with E-state index < -0.39 is 11.5 Å². The lowest BCUT2D eigenvalue weighted by Crippen LogP contribution is -2.49. The predicted molar refractivity (Wildman–Crippen MR) is 78.1 cm³/mol. The highest BCUT2D eigenvalue weighted by molar-refractivity contribution is 5.77. The normalized spacial score (nSPS) is 11.8. The van der Waals surface area contributed by atoms with Gasteiger partial charge in [-0.15, -0.1) is 0 Å². The van der Waals surface area contributed by atoms with E-state index in [4.69, 9.17) is 4.74 Å². The van der Waals surface area contributed by atoms with Gasteiger partial charge in [0.15, 0.2) is 0 Å². The van der Waals surface area contributed by atoms with Crippen LogP contribution in [0, 0.1) is 13.8 Å². The third-order valence-corrected chi connectivity index (χ3v) is 3.79. The van der Waals surface area contributed by atoms with Crippen LogP contribution in [0.5, 0.6) is 5.75 Å². The zero-order chi connectivity index (χ0) is 15.5. The standard InChI is InChI=1S/C15H24N2O3/c1-7-17(15(4,5)14(18)19)9-12-11(3)13(20-6)10(2)8-16-12/h8H,7,9H2,1-6H3,(H,18,19). The van der Waals surface area contributed by atoms with Gasteiger partial charge in [0.25, 0.3) is 0 Å². The van der Waals surface area contributed by atoms with E-state index in [2.05, 4.69) is 4.98 Å². The largest absolute Gasteiger partial charge is 0.496 e. The molecule has 0 aliphatic heterocycles. The molecule has 5 nitrogen and oxygen atoms in total. The molecule has 0 unspecified atom stereocenters. The van der Waals surface area contributed by atoms with Crippen LogP contribution >= 0.6 is 0 Å². The number of rotatable bonds is 6. The summed E-state index contributed by atoms with van der Waals surface area (Å²) < 4.78 is 5.39. The molecule has 1 rings (SSSR count). The van der Waals surface area contributed by atoms with Crippen molar-refractivity contribution in [3.63, 3.8) is 0 Å². The van der Waals surface area contributed by atoms with Gasteiger partial charge >= 0.3 is 5.97 Å². The Morgan fingerprint density at radius 1 is 1.45 bits per heavy atom. The Morgan fingerprint density at radius 3 is 2.50 bits per heavy atom. The monoisotopic (exact) mass is 280 g/mol. The van der Waals surface area contributed by atoms with Crippen LogP contribution in [-0.2, 0) is 11.3 Å². The molecule has 1 heterocycles. The number of carboxylic acid groups (broad SMARTS) is 1. The fourth-order valence-electron chi connectivity index (χ4n) is 2.25. The first-order chi connectivity index (χ1) is 9.25. The molecular formula is C15H24N2O3. The molecule has 0 fully saturated rings. The minimum Gasteiger partial charge on any atom is -0.496 e. The second-order valence-corrected chi connectivity index (χ2v) is 5.42. The van der Waals surface area contributed by atoms with E-state index in [0.717, 1.165) is 22.6 Å². The lowest BCUT2D eigenvalue weighted by Gasteiger charge is -2.34. The minimum atomic E-state index is -0.930. The molecule has 112 valence electrons. The maximum absolute atomic E-state index is 11.4. The fourth-order valence-corrected chi connectivity index (χ4v) is 2.25. The Labute approximate surface area is 120 Å². The highest BCUT2D eigenvalue weighted by atomic mass is 16.5. The second-order valence-electron chi connectivity index (χ2n) is 5.42. The van der Waals surface area contributed by atoms with Crippen LogP contribution < -0.4 is 4.74 Å². The first-order valence-corrected chi connectivity index (χ1v) is 6.73. The highest BCUT2D eigenvalue weighted by Gasteiger charge is 2.34. The maximum atomic E-state index is 11.4. The number of carboxylic acids is 1. The van der Waals surface area contributed by atoms with Crippen molar-refractivity contribution in [3.8, 4) is 5.75 Å². The Hall–Kier alpha value is -1.62. The summed E-state index contributed by atoms with van der Waals surface area (Å²) in [6, 6.07) is 0. The molecule has 0 amide bonds. The number of aliphatic carboxylic acids is 1. The van der Waals surface area contributed by atoms with Gasteiger partial charge in [-0.1, -0.05) is 6.92 Å². The van der Waals surface area contributed by atoms with Gasteiger partial charge in [-0.2, -0.15) is 0 Å². The number of carbonyl (C=O) groups is 1. The Balaban J connectivity index is 3.12. The zero-order valence-electron chi connectivity index (χ0n) is 13.1. The molecule has 0 atom stereocenters. The van der Waals surface area contributed by atoms with Crippen LogP contribution in [0.1, 0.15) is 37.6 Å². The third kappa shape index (κ3) is 3.10. The predicted octanol–water partition coefficient (Wildman–Crippen LogP) is 2.39. The molecule has 1 aromatic heterocycles. The van der Waals surface area contributed by atoms with Crippen LogP contribution in [0.4, 0.5) is 0 Å². The van der Waals surface area contributed by atoms with Crippen LogP contribution in [0.25, 0.3) is 0 Å². The van der Waals surface area contributed by atoms with Gasteiger partial charge in [0.1, 0.15) is 11.3 Å². The van der Waals surface area contributed by atoms with Crippen molar-refractivity contribution >= 4 is 5.97 Å². The summed E-state index contributed by atoms with van der Waals surface area (Å²) in [6.45, 7) is 10.4. The quantitative estimate of drug-likeness (QED) is 0.867. The van der Waals surface area contributed by atoms with E-state index in [9.17, 15) is 9.90 Å². The summed E-state index contributed by atoms with van der Waals surface area (Å²) in [5.74, 6) is -0.0183. The third-order valence-electron chi connectivity index (χ3n) is 3.79. The minimum absolute atomic E-state index is 0.484. The Morgan fingerprint density at radius 2 is 2.05 bits per heavy atom. The number of ether oxygens (including phenoxy) is 1. The second kappa shape index (κ2) is 6.22. The number of pyridine rings is 1. The van der Waals surface area contributed by atoms with Crippen LogP contribution in [-0.4, -0.2) is 40.2 Å². The molecule has 1 aromatic rings. The summed E-state index contributed by atoms with van der Waals surface area (Å²) in [4.78, 5) is 17.7. The molecule has 20 heavy (non-hydrogen) atoms. The highest BCUT2D eigenvalue weighted by Crippen LogP contribution is 2.26. The Bertz CT molecular complexity index is 498. The van der Waals surface area contributed by atoms with Gasteiger partial charge in [-0.05, 0) is 34.2 Å². The van der Waals surface area contributed by atoms with E-state index in [1.807, 2.05) is 25.7 Å². The van der Waals surface area contributed by atoms with Gasteiger partial charge < -0.3 is 9.84 Å². The number of hydrogen-bond acceptors (Lipinski definition) is 4.